The molecule has 1 aromatic rings. The first-order chi connectivity index (χ1) is 9.79. The van der Waals surface area contributed by atoms with Crippen LogP contribution in [0.3, 0.4) is 0 Å². The van der Waals surface area contributed by atoms with E-state index in [4.69, 9.17) is 11.6 Å². The van der Waals surface area contributed by atoms with Crippen LogP contribution in [0.15, 0.2) is 17.0 Å². The molecular weight excluding hydrogens is 315 g/mol. The van der Waals surface area contributed by atoms with Crippen LogP contribution in [0.4, 0.5) is 4.39 Å². The van der Waals surface area contributed by atoms with Crippen molar-refractivity contribution in [2.45, 2.75) is 56.6 Å². The van der Waals surface area contributed by atoms with Gasteiger partial charge in [-0.2, -0.15) is 0 Å². The quantitative estimate of drug-likeness (QED) is 0.841. The van der Waals surface area contributed by atoms with Crippen molar-refractivity contribution < 1.29 is 12.8 Å². The summed E-state index contributed by atoms with van der Waals surface area (Å²) in [5.74, 6) is -0.737. The van der Waals surface area contributed by atoms with Crippen LogP contribution >= 0.6 is 11.6 Å². The van der Waals surface area contributed by atoms with Gasteiger partial charge in [-0.25, -0.2) is 17.5 Å². The van der Waals surface area contributed by atoms with Gasteiger partial charge < -0.3 is 5.32 Å². The number of halogens is 2. The molecule has 0 amide bonds. The van der Waals surface area contributed by atoms with E-state index in [0.717, 1.165) is 25.3 Å². The van der Waals surface area contributed by atoms with E-state index in [-0.39, 0.29) is 34.1 Å². The second kappa shape index (κ2) is 6.60. The molecule has 0 aromatic heterocycles. The lowest BCUT2D eigenvalue weighted by Gasteiger charge is -2.26. The lowest BCUT2D eigenvalue weighted by atomic mass is 9.94. The van der Waals surface area contributed by atoms with Crippen molar-refractivity contribution in [3.05, 3.63) is 28.5 Å². The Morgan fingerprint density at radius 1 is 1.38 bits per heavy atom. The molecule has 0 heterocycles. The third kappa shape index (κ3) is 4.16. The van der Waals surface area contributed by atoms with E-state index >= 15 is 0 Å². The Balaban J connectivity index is 2.29. The Morgan fingerprint density at radius 3 is 2.57 bits per heavy atom. The van der Waals surface area contributed by atoms with Crippen LogP contribution in [0.25, 0.3) is 0 Å². The van der Waals surface area contributed by atoms with E-state index < -0.39 is 15.8 Å². The normalized spacial score (nSPS) is 16.2. The van der Waals surface area contributed by atoms with Gasteiger partial charge in [0.15, 0.2) is 0 Å². The van der Waals surface area contributed by atoms with Crippen LogP contribution in [0, 0.1) is 5.82 Å². The van der Waals surface area contributed by atoms with Crippen LogP contribution < -0.4 is 10.0 Å². The summed E-state index contributed by atoms with van der Waals surface area (Å²) >= 11 is 5.94. The third-order valence-corrected chi connectivity index (χ3v) is 5.23. The predicted octanol–water partition coefficient (Wildman–Crippen LogP) is 2.81. The highest BCUT2D eigenvalue weighted by molar-refractivity contribution is 7.89. The lowest BCUT2D eigenvalue weighted by Crippen LogP contribution is -2.39. The summed E-state index contributed by atoms with van der Waals surface area (Å²) in [4.78, 5) is -0.373. The number of hydrogen-bond donors (Lipinski definition) is 2. The minimum Gasteiger partial charge on any atom is -0.310 e. The molecule has 0 atom stereocenters. The molecule has 1 aliphatic carbocycles. The maximum Gasteiger partial charge on any atom is 0.243 e. The molecule has 1 fully saturated rings. The Hall–Kier alpha value is -0.690. The van der Waals surface area contributed by atoms with Gasteiger partial charge in [-0.05, 0) is 25.0 Å². The fourth-order valence-corrected chi connectivity index (χ4v) is 3.82. The maximum absolute atomic E-state index is 14.5. The number of nitrogens with one attached hydrogen (secondary N) is 2. The Bertz CT molecular complexity index is 616. The van der Waals surface area contributed by atoms with Crippen LogP contribution in [0.5, 0.6) is 0 Å². The zero-order valence-corrected chi connectivity index (χ0v) is 13.7. The highest BCUT2D eigenvalue weighted by Crippen LogP contribution is 2.26. The van der Waals surface area contributed by atoms with Crippen LogP contribution in [-0.2, 0) is 16.6 Å². The monoisotopic (exact) mass is 334 g/mol. The van der Waals surface area contributed by atoms with Crippen molar-refractivity contribution in [3.63, 3.8) is 0 Å². The van der Waals surface area contributed by atoms with Crippen molar-refractivity contribution >= 4 is 21.6 Å². The van der Waals surface area contributed by atoms with Gasteiger partial charge in [0.05, 0.1) is 0 Å². The molecule has 1 aliphatic rings. The molecule has 0 spiro atoms. The van der Waals surface area contributed by atoms with Gasteiger partial charge in [-0.15, -0.1) is 0 Å². The van der Waals surface area contributed by atoms with Crippen LogP contribution in [-0.4, -0.2) is 20.5 Å². The summed E-state index contributed by atoms with van der Waals surface area (Å²) in [6.07, 6.45) is 2.58. The van der Waals surface area contributed by atoms with Crippen molar-refractivity contribution in [1.29, 1.82) is 0 Å². The molecule has 1 aromatic carbocycles. The van der Waals surface area contributed by atoms with E-state index in [1.54, 1.807) is 0 Å². The molecular formula is C14H20ClFN2O2S. The molecule has 0 saturated heterocycles. The van der Waals surface area contributed by atoms with E-state index in [0.29, 0.717) is 0 Å². The van der Waals surface area contributed by atoms with Gasteiger partial charge in [0.25, 0.3) is 0 Å². The van der Waals surface area contributed by atoms with E-state index in [1.165, 1.54) is 6.07 Å². The zero-order chi connectivity index (χ0) is 15.6. The molecule has 1 saturated carbocycles. The molecule has 4 nitrogen and oxygen atoms in total. The Kier molecular flexibility index (Phi) is 5.24. The van der Waals surface area contributed by atoms with E-state index in [9.17, 15) is 12.8 Å². The van der Waals surface area contributed by atoms with Gasteiger partial charge in [-0.1, -0.05) is 31.9 Å². The van der Waals surface area contributed by atoms with Gasteiger partial charge in [-0.3, -0.25) is 0 Å². The maximum atomic E-state index is 14.5. The topological polar surface area (TPSA) is 58.2 Å². The molecule has 0 aliphatic heterocycles. The molecule has 2 rings (SSSR count). The molecule has 0 radical (unpaired) electrons. The zero-order valence-electron chi connectivity index (χ0n) is 12.1. The number of sulfonamides is 1. The van der Waals surface area contributed by atoms with Gasteiger partial charge in [0, 0.05) is 29.2 Å². The average molecular weight is 335 g/mol. The highest BCUT2D eigenvalue weighted by Gasteiger charge is 2.28. The largest absolute Gasteiger partial charge is 0.310 e. The summed E-state index contributed by atoms with van der Waals surface area (Å²) in [5, 5.41) is 3.27. The SMILES string of the molecule is CC(C)NCc1cc(Cl)cc(S(=O)(=O)NC2CCC2)c1F. The minimum atomic E-state index is -3.87. The lowest BCUT2D eigenvalue weighted by molar-refractivity contribution is 0.382. The van der Waals surface area contributed by atoms with E-state index in [1.807, 2.05) is 13.8 Å². The molecule has 2 N–H and O–H groups in total. The van der Waals surface area contributed by atoms with Gasteiger partial charge >= 0.3 is 0 Å². The van der Waals surface area contributed by atoms with Crippen molar-refractivity contribution in [1.82, 2.24) is 10.0 Å². The standard InChI is InChI=1S/C14H20ClFN2O2S/c1-9(2)17-8-10-6-11(15)7-13(14(10)16)21(19,20)18-12-4-3-5-12/h6-7,9,12,17-18H,3-5,8H2,1-2H3. The second-order valence-corrected chi connectivity index (χ2v) is 7.78. The van der Waals surface area contributed by atoms with Gasteiger partial charge in [0.2, 0.25) is 10.0 Å². The van der Waals surface area contributed by atoms with Gasteiger partial charge in [0.1, 0.15) is 10.7 Å². The van der Waals surface area contributed by atoms with Crippen molar-refractivity contribution in [3.8, 4) is 0 Å². The van der Waals surface area contributed by atoms with Crippen molar-refractivity contribution in [2.75, 3.05) is 0 Å². The molecule has 21 heavy (non-hydrogen) atoms. The summed E-state index contributed by atoms with van der Waals surface area (Å²) < 4.78 is 41.5. The fourth-order valence-electron chi connectivity index (χ4n) is 2.07. The molecule has 118 valence electrons. The smallest absolute Gasteiger partial charge is 0.243 e. The summed E-state index contributed by atoms with van der Waals surface area (Å²) in [6, 6.07) is 2.69. The first-order valence-electron chi connectivity index (χ1n) is 7.03. The first kappa shape index (κ1) is 16.7. The predicted molar refractivity (Wildman–Crippen MR) is 81.3 cm³/mol. The molecule has 7 heteroatoms. The summed E-state index contributed by atoms with van der Waals surface area (Å²) in [7, 11) is -3.87. The number of rotatable bonds is 6. The summed E-state index contributed by atoms with van der Waals surface area (Å²) in [6.45, 7) is 4.09. The number of benzene rings is 1. The number of hydrogen-bond acceptors (Lipinski definition) is 3. The minimum absolute atomic E-state index is 0.0920. The third-order valence-electron chi connectivity index (χ3n) is 3.50. The first-order valence-corrected chi connectivity index (χ1v) is 8.89. The Morgan fingerprint density at radius 2 is 2.05 bits per heavy atom. The van der Waals surface area contributed by atoms with Crippen molar-refractivity contribution in [2.24, 2.45) is 0 Å². The van der Waals surface area contributed by atoms with E-state index in [2.05, 4.69) is 10.0 Å². The average Bonchev–Trinajstić information content (AvgIpc) is 2.34. The Labute approximate surface area is 130 Å². The highest BCUT2D eigenvalue weighted by atomic mass is 35.5. The molecule has 0 unspecified atom stereocenters. The summed E-state index contributed by atoms with van der Waals surface area (Å²) in [5.41, 5.74) is 0.255. The second-order valence-electron chi connectivity index (χ2n) is 5.66. The fraction of sp³-hybridized carbons (Fsp3) is 0.571. The van der Waals surface area contributed by atoms with Crippen LogP contribution in [0.1, 0.15) is 38.7 Å². The molecule has 0 bridgehead atoms. The van der Waals surface area contributed by atoms with Crippen LogP contribution in [0.2, 0.25) is 5.02 Å².